The van der Waals surface area contributed by atoms with E-state index in [2.05, 4.69) is 5.32 Å². The molecule has 0 aliphatic carbocycles. The molecule has 0 spiro atoms. The van der Waals surface area contributed by atoms with Gasteiger partial charge in [-0.05, 0) is 37.6 Å². The Bertz CT molecular complexity index is 461. The summed E-state index contributed by atoms with van der Waals surface area (Å²) in [5.41, 5.74) is 0.300. The van der Waals surface area contributed by atoms with Crippen LogP contribution in [0.3, 0.4) is 0 Å². The molecule has 2 atom stereocenters. The first-order valence-electron chi connectivity index (χ1n) is 6.57. The van der Waals surface area contributed by atoms with Gasteiger partial charge in [-0.25, -0.2) is 0 Å². The van der Waals surface area contributed by atoms with E-state index in [0.29, 0.717) is 25.2 Å². The quantitative estimate of drug-likeness (QED) is 0.906. The molecule has 1 aliphatic rings. The molecule has 6 heteroatoms. The van der Waals surface area contributed by atoms with Crippen LogP contribution in [0.15, 0.2) is 30.3 Å². The number of para-hydroxylation sites is 1. The van der Waals surface area contributed by atoms with E-state index in [-0.39, 0.29) is 5.92 Å². The van der Waals surface area contributed by atoms with Crippen LogP contribution in [0.5, 0.6) is 0 Å². The van der Waals surface area contributed by atoms with Gasteiger partial charge in [-0.15, -0.1) is 0 Å². The Labute approximate surface area is 115 Å². The van der Waals surface area contributed by atoms with Gasteiger partial charge in [-0.2, -0.15) is 13.2 Å². The number of hydrogen-bond acceptors (Lipinski definition) is 2. The molecule has 1 aliphatic heterocycles. The lowest BCUT2D eigenvalue weighted by molar-refractivity contribution is -0.171. The average Bonchev–Trinajstić information content (AvgIpc) is 2.41. The van der Waals surface area contributed by atoms with E-state index in [1.807, 2.05) is 6.92 Å². The third kappa shape index (κ3) is 3.12. The molecule has 1 aromatic carbocycles. The van der Waals surface area contributed by atoms with Crippen LogP contribution in [0.2, 0.25) is 0 Å². The molecule has 110 valence electrons. The zero-order chi connectivity index (χ0) is 14.8. The van der Waals surface area contributed by atoms with Gasteiger partial charge in [0.2, 0.25) is 0 Å². The highest BCUT2D eigenvalue weighted by Crippen LogP contribution is 2.30. The van der Waals surface area contributed by atoms with Gasteiger partial charge in [0.25, 0.3) is 0 Å². The third-order valence-corrected chi connectivity index (χ3v) is 3.57. The molecule has 0 aromatic heterocycles. The summed E-state index contributed by atoms with van der Waals surface area (Å²) in [5.74, 6) is -1.82. The normalized spacial score (nSPS) is 23.4. The molecule has 0 radical (unpaired) electrons. The van der Waals surface area contributed by atoms with Gasteiger partial charge in [-0.3, -0.25) is 4.79 Å². The molecule has 1 fully saturated rings. The highest BCUT2D eigenvalue weighted by Gasteiger charge is 2.46. The number of halogens is 3. The summed E-state index contributed by atoms with van der Waals surface area (Å²) in [7, 11) is 0. The van der Waals surface area contributed by atoms with Gasteiger partial charge >= 0.3 is 12.1 Å². The fraction of sp³-hybridized carbons (Fsp3) is 0.500. The van der Waals surface area contributed by atoms with Crippen molar-refractivity contribution in [3.05, 3.63) is 30.3 Å². The van der Waals surface area contributed by atoms with E-state index in [1.54, 1.807) is 30.3 Å². The van der Waals surface area contributed by atoms with Gasteiger partial charge in [-0.1, -0.05) is 25.1 Å². The summed E-state index contributed by atoms with van der Waals surface area (Å²) in [6, 6.07) is 7.63. The smallest absolute Gasteiger partial charge is 0.316 e. The van der Waals surface area contributed by atoms with Crippen molar-refractivity contribution in [2.45, 2.75) is 25.6 Å². The molecule has 1 aromatic rings. The molecule has 2 rings (SSSR count). The SMILES string of the molecule is C[C@@H]1CNCC[C@@H]1N(C(=O)C(F)(F)F)c1ccccc1. The molecule has 0 saturated carbocycles. The Morgan fingerprint density at radius 1 is 1.30 bits per heavy atom. The van der Waals surface area contributed by atoms with Gasteiger partial charge in [0.15, 0.2) is 0 Å². The zero-order valence-electron chi connectivity index (χ0n) is 11.2. The fourth-order valence-electron chi connectivity index (χ4n) is 2.57. The number of nitrogens with one attached hydrogen (secondary N) is 1. The van der Waals surface area contributed by atoms with Crippen LogP contribution < -0.4 is 10.2 Å². The first kappa shape index (κ1) is 14.8. The minimum atomic E-state index is -4.86. The van der Waals surface area contributed by atoms with E-state index in [1.165, 1.54) is 0 Å². The third-order valence-electron chi connectivity index (χ3n) is 3.57. The van der Waals surface area contributed by atoms with Crippen LogP contribution in [-0.4, -0.2) is 31.2 Å². The molecule has 20 heavy (non-hydrogen) atoms. The fourth-order valence-corrected chi connectivity index (χ4v) is 2.57. The van der Waals surface area contributed by atoms with E-state index < -0.39 is 18.1 Å². The number of carbonyl (C=O) groups excluding carboxylic acids is 1. The molecule has 0 unspecified atom stereocenters. The molecule has 1 N–H and O–H groups in total. The van der Waals surface area contributed by atoms with E-state index in [9.17, 15) is 18.0 Å². The number of piperidine rings is 1. The predicted molar refractivity (Wildman–Crippen MR) is 70.4 cm³/mol. The summed E-state index contributed by atoms with van der Waals surface area (Å²) in [4.78, 5) is 12.7. The largest absolute Gasteiger partial charge is 0.471 e. The Hall–Kier alpha value is -1.56. The monoisotopic (exact) mass is 286 g/mol. The van der Waals surface area contributed by atoms with Gasteiger partial charge in [0, 0.05) is 11.7 Å². The summed E-state index contributed by atoms with van der Waals surface area (Å²) in [6.45, 7) is 3.08. The maximum Gasteiger partial charge on any atom is 0.471 e. The number of anilines is 1. The summed E-state index contributed by atoms with van der Waals surface area (Å²) >= 11 is 0. The highest BCUT2D eigenvalue weighted by atomic mass is 19.4. The number of amides is 1. The van der Waals surface area contributed by atoms with Crippen LogP contribution >= 0.6 is 0 Å². The van der Waals surface area contributed by atoms with Crippen molar-refractivity contribution in [1.29, 1.82) is 0 Å². The van der Waals surface area contributed by atoms with Crippen molar-refractivity contribution >= 4 is 11.6 Å². The molecule has 1 heterocycles. The summed E-state index contributed by atoms with van der Waals surface area (Å²) in [6.07, 6.45) is -4.35. The van der Waals surface area contributed by atoms with Crippen LogP contribution in [0.1, 0.15) is 13.3 Å². The maximum atomic E-state index is 12.9. The van der Waals surface area contributed by atoms with Crippen molar-refractivity contribution in [2.24, 2.45) is 5.92 Å². The Morgan fingerprint density at radius 3 is 2.50 bits per heavy atom. The zero-order valence-corrected chi connectivity index (χ0v) is 11.2. The molecule has 1 saturated heterocycles. The van der Waals surface area contributed by atoms with Gasteiger partial charge < -0.3 is 10.2 Å². The van der Waals surface area contributed by atoms with Crippen LogP contribution in [-0.2, 0) is 4.79 Å². The topological polar surface area (TPSA) is 32.3 Å². The van der Waals surface area contributed by atoms with Gasteiger partial charge in [0.1, 0.15) is 0 Å². The Kier molecular flexibility index (Phi) is 4.32. The Balaban J connectivity index is 2.36. The van der Waals surface area contributed by atoms with E-state index in [4.69, 9.17) is 0 Å². The standard InChI is InChI=1S/C14H17F3N2O/c1-10-9-18-8-7-12(10)19(13(20)14(15,16)17)11-5-3-2-4-6-11/h2-6,10,12,18H,7-9H2,1H3/t10-,12+/m1/s1. The summed E-state index contributed by atoms with van der Waals surface area (Å²) in [5, 5.41) is 3.13. The Morgan fingerprint density at radius 2 is 1.95 bits per heavy atom. The molecule has 1 amide bonds. The van der Waals surface area contributed by atoms with E-state index >= 15 is 0 Å². The minimum Gasteiger partial charge on any atom is -0.316 e. The first-order chi connectivity index (χ1) is 9.41. The van der Waals surface area contributed by atoms with Crippen molar-refractivity contribution < 1.29 is 18.0 Å². The lowest BCUT2D eigenvalue weighted by Crippen LogP contribution is -2.54. The number of rotatable bonds is 2. The molecular weight excluding hydrogens is 269 g/mol. The summed E-state index contributed by atoms with van der Waals surface area (Å²) < 4.78 is 38.6. The molecule has 3 nitrogen and oxygen atoms in total. The predicted octanol–water partition coefficient (Wildman–Crippen LogP) is 2.58. The van der Waals surface area contributed by atoms with Gasteiger partial charge in [0.05, 0.1) is 0 Å². The van der Waals surface area contributed by atoms with E-state index in [0.717, 1.165) is 4.90 Å². The second-order valence-corrected chi connectivity index (χ2v) is 5.05. The maximum absolute atomic E-state index is 12.9. The lowest BCUT2D eigenvalue weighted by Gasteiger charge is -2.39. The number of carbonyl (C=O) groups is 1. The highest BCUT2D eigenvalue weighted by molar-refractivity contribution is 5.97. The minimum absolute atomic E-state index is 0.0322. The first-order valence-corrected chi connectivity index (χ1v) is 6.57. The van der Waals surface area contributed by atoms with Crippen molar-refractivity contribution in [3.63, 3.8) is 0 Å². The number of benzene rings is 1. The molecular formula is C14H17F3N2O. The van der Waals surface area contributed by atoms with Crippen LogP contribution in [0.4, 0.5) is 18.9 Å². The van der Waals surface area contributed by atoms with Crippen LogP contribution in [0, 0.1) is 5.92 Å². The number of nitrogens with zero attached hydrogens (tertiary/aromatic N) is 1. The van der Waals surface area contributed by atoms with Crippen LogP contribution in [0.25, 0.3) is 0 Å². The number of alkyl halides is 3. The van der Waals surface area contributed by atoms with Crippen molar-refractivity contribution in [1.82, 2.24) is 5.32 Å². The second kappa shape index (κ2) is 5.83. The second-order valence-electron chi connectivity index (χ2n) is 5.05. The average molecular weight is 286 g/mol. The van der Waals surface area contributed by atoms with Crippen molar-refractivity contribution in [3.8, 4) is 0 Å². The molecule has 0 bridgehead atoms. The number of hydrogen-bond donors (Lipinski definition) is 1. The lowest BCUT2D eigenvalue weighted by atomic mass is 9.93. The van der Waals surface area contributed by atoms with Crippen molar-refractivity contribution in [2.75, 3.05) is 18.0 Å².